The molecule has 3 aromatic rings. The molecule has 0 aliphatic carbocycles. The minimum atomic E-state index is -0.131. The average molecular weight is 499 g/mol. The van der Waals surface area contributed by atoms with E-state index in [-0.39, 0.29) is 23.8 Å². The van der Waals surface area contributed by atoms with Crippen molar-refractivity contribution in [2.24, 2.45) is 0 Å². The highest BCUT2D eigenvalue weighted by molar-refractivity contribution is 9.10. The maximum absolute atomic E-state index is 12.8. The van der Waals surface area contributed by atoms with Crippen LogP contribution < -0.4 is 10.5 Å². The van der Waals surface area contributed by atoms with Gasteiger partial charge >= 0.3 is 0 Å². The Labute approximate surface area is 195 Å². The number of aryl methyl sites for hydroxylation is 2. The number of aromatic nitrogens is 4. The van der Waals surface area contributed by atoms with E-state index < -0.39 is 0 Å². The third-order valence-electron chi connectivity index (χ3n) is 5.68. The molecule has 9 heteroatoms. The molecule has 1 aliphatic rings. The molecule has 0 unspecified atom stereocenters. The fourth-order valence-electron chi connectivity index (χ4n) is 3.84. The zero-order valence-corrected chi connectivity index (χ0v) is 20.2. The van der Waals surface area contributed by atoms with Crippen molar-refractivity contribution in [3.05, 3.63) is 56.9 Å². The Morgan fingerprint density at radius 2 is 1.88 bits per heavy atom. The monoisotopic (exact) mass is 498 g/mol. The van der Waals surface area contributed by atoms with Crippen LogP contribution in [0.5, 0.6) is 0 Å². The van der Waals surface area contributed by atoms with E-state index in [0.717, 1.165) is 34.9 Å². The maximum atomic E-state index is 12.8. The smallest absolute Gasteiger partial charge is 0.261 e. The second-order valence-corrected chi connectivity index (χ2v) is 9.32. The van der Waals surface area contributed by atoms with Gasteiger partial charge in [0.05, 0.1) is 17.2 Å². The van der Waals surface area contributed by atoms with Crippen LogP contribution in [-0.2, 0) is 11.3 Å². The van der Waals surface area contributed by atoms with Crippen LogP contribution in [0, 0.1) is 6.92 Å². The lowest BCUT2D eigenvalue weighted by molar-refractivity contribution is -0.131. The third kappa shape index (κ3) is 4.82. The van der Waals surface area contributed by atoms with Gasteiger partial charge in [0.25, 0.3) is 5.56 Å². The molecule has 1 saturated heterocycles. The zero-order valence-electron chi connectivity index (χ0n) is 18.6. The van der Waals surface area contributed by atoms with Crippen molar-refractivity contribution < 1.29 is 4.79 Å². The SMILES string of the molecule is Cc1cc(N2CCN(C(=O)CCn3cnc4ccc(Br)cc4c3=O)CC2)nc(C(C)C)n1. The summed E-state index contributed by atoms with van der Waals surface area (Å²) in [6.45, 7) is 9.20. The van der Waals surface area contributed by atoms with Crippen LogP contribution in [0.1, 0.15) is 37.7 Å². The number of fused-ring (bicyclic) bond motifs is 1. The second kappa shape index (κ2) is 9.36. The lowest BCUT2D eigenvalue weighted by Gasteiger charge is -2.35. The highest BCUT2D eigenvalue weighted by atomic mass is 79.9. The van der Waals surface area contributed by atoms with E-state index in [4.69, 9.17) is 4.98 Å². The Hall–Kier alpha value is -2.81. The number of hydrogen-bond acceptors (Lipinski definition) is 6. The van der Waals surface area contributed by atoms with E-state index in [9.17, 15) is 9.59 Å². The Morgan fingerprint density at radius 3 is 2.59 bits per heavy atom. The molecule has 0 radical (unpaired) electrons. The molecule has 0 saturated carbocycles. The van der Waals surface area contributed by atoms with Gasteiger partial charge in [-0.15, -0.1) is 0 Å². The number of hydrogen-bond donors (Lipinski definition) is 0. The van der Waals surface area contributed by atoms with E-state index >= 15 is 0 Å². The molecule has 1 amide bonds. The minimum Gasteiger partial charge on any atom is -0.353 e. The molecule has 1 aliphatic heterocycles. The van der Waals surface area contributed by atoms with Crippen LogP contribution in [0.15, 0.2) is 39.9 Å². The van der Waals surface area contributed by atoms with Crippen LogP contribution >= 0.6 is 15.9 Å². The molecular weight excluding hydrogens is 472 g/mol. The molecule has 0 bridgehead atoms. The van der Waals surface area contributed by atoms with Gasteiger partial charge in [0, 0.05) is 61.3 Å². The van der Waals surface area contributed by atoms with Crippen molar-refractivity contribution in [3.63, 3.8) is 0 Å². The predicted octanol–water partition coefficient (Wildman–Crippen LogP) is 3.12. The van der Waals surface area contributed by atoms with E-state index in [1.54, 1.807) is 12.1 Å². The first kappa shape index (κ1) is 22.4. The first-order valence-corrected chi connectivity index (χ1v) is 11.6. The van der Waals surface area contributed by atoms with E-state index in [0.29, 0.717) is 30.5 Å². The summed E-state index contributed by atoms with van der Waals surface area (Å²) in [7, 11) is 0. The lowest BCUT2D eigenvalue weighted by Crippen LogP contribution is -2.49. The normalized spacial score (nSPS) is 14.4. The van der Waals surface area contributed by atoms with Crippen molar-refractivity contribution in [1.29, 1.82) is 0 Å². The number of halogens is 1. The summed E-state index contributed by atoms with van der Waals surface area (Å²) in [4.78, 5) is 43.1. The largest absolute Gasteiger partial charge is 0.353 e. The first-order chi connectivity index (χ1) is 15.3. The van der Waals surface area contributed by atoms with Crippen molar-refractivity contribution in [3.8, 4) is 0 Å². The predicted molar refractivity (Wildman–Crippen MR) is 128 cm³/mol. The molecule has 0 N–H and O–H groups in total. The topological polar surface area (TPSA) is 84.2 Å². The van der Waals surface area contributed by atoms with E-state index in [2.05, 4.69) is 44.6 Å². The number of nitrogens with zero attached hydrogens (tertiary/aromatic N) is 6. The highest BCUT2D eigenvalue weighted by Crippen LogP contribution is 2.19. The van der Waals surface area contributed by atoms with Crippen LogP contribution in [0.25, 0.3) is 10.9 Å². The number of piperazine rings is 1. The molecule has 8 nitrogen and oxygen atoms in total. The summed E-state index contributed by atoms with van der Waals surface area (Å²) >= 11 is 3.39. The Balaban J connectivity index is 1.37. The molecule has 1 aromatic carbocycles. The van der Waals surface area contributed by atoms with Gasteiger partial charge in [-0.3, -0.25) is 14.2 Å². The van der Waals surface area contributed by atoms with Gasteiger partial charge in [0.15, 0.2) is 0 Å². The number of carbonyl (C=O) groups excluding carboxylic acids is 1. The van der Waals surface area contributed by atoms with Crippen LogP contribution in [0.2, 0.25) is 0 Å². The molecule has 0 spiro atoms. The van der Waals surface area contributed by atoms with Gasteiger partial charge in [-0.25, -0.2) is 15.0 Å². The molecule has 1 fully saturated rings. The van der Waals surface area contributed by atoms with Crippen LogP contribution in [-0.4, -0.2) is 56.5 Å². The van der Waals surface area contributed by atoms with Gasteiger partial charge in [-0.05, 0) is 25.1 Å². The molecule has 168 valence electrons. The molecule has 0 atom stereocenters. The van der Waals surface area contributed by atoms with Gasteiger partial charge in [-0.1, -0.05) is 29.8 Å². The number of rotatable bonds is 5. The van der Waals surface area contributed by atoms with Crippen molar-refractivity contribution in [2.45, 2.75) is 39.7 Å². The summed E-state index contributed by atoms with van der Waals surface area (Å²) in [6.07, 6.45) is 1.79. The summed E-state index contributed by atoms with van der Waals surface area (Å²) in [5.41, 5.74) is 1.48. The van der Waals surface area contributed by atoms with Gasteiger partial charge in [-0.2, -0.15) is 0 Å². The van der Waals surface area contributed by atoms with Crippen molar-refractivity contribution in [2.75, 3.05) is 31.1 Å². The maximum Gasteiger partial charge on any atom is 0.261 e. The van der Waals surface area contributed by atoms with Crippen molar-refractivity contribution >= 4 is 38.6 Å². The number of carbonyl (C=O) groups is 1. The fraction of sp³-hybridized carbons (Fsp3) is 0.435. The Morgan fingerprint density at radius 1 is 1.12 bits per heavy atom. The van der Waals surface area contributed by atoms with Crippen molar-refractivity contribution in [1.82, 2.24) is 24.4 Å². The Kier molecular flexibility index (Phi) is 6.55. The minimum absolute atomic E-state index is 0.0487. The highest BCUT2D eigenvalue weighted by Gasteiger charge is 2.23. The summed E-state index contributed by atoms with van der Waals surface area (Å²) in [5.74, 6) is 2.09. The molecule has 4 rings (SSSR count). The average Bonchev–Trinajstić information content (AvgIpc) is 2.78. The fourth-order valence-corrected chi connectivity index (χ4v) is 4.21. The number of benzene rings is 1. The molecule has 32 heavy (non-hydrogen) atoms. The lowest BCUT2D eigenvalue weighted by atomic mass is 10.2. The summed E-state index contributed by atoms with van der Waals surface area (Å²) in [5, 5.41) is 0.545. The third-order valence-corrected chi connectivity index (χ3v) is 6.18. The standard InChI is InChI=1S/C23H27BrN6O2/c1-15(2)22-26-16(3)12-20(27-22)28-8-10-29(11-9-28)21(31)6-7-30-14-25-19-5-4-17(24)13-18(19)23(30)32/h4-5,12-15H,6-11H2,1-3H3. The van der Waals surface area contributed by atoms with Gasteiger partial charge in [0.2, 0.25) is 5.91 Å². The van der Waals surface area contributed by atoms with Gasteiger partial charge in [0.1, 0.15) is 11.6 Å². The second-order valence-electron chi connectivity index (χ2n) is 8.40. The zero-order chi connectivity index (χ0) is 22.8. The molecule has 2 aromatic heterocycles. The molecule has 3 heterocycles. The van der Waals surface area contributed by atoms with Crippen LogP contribution in [0.3, 0.4) is 0 Å². The summed E-state index contributed by atoms with van der Waals surface area (Å²) < 4.78 is 2.34. The molecular formula is C23H27BrN6O2. The van der Waals surface area contributed by atoms with Gasteiger partial charge < -0.3 is 9.80 Å². The van der Waals surface area contributed by atoms with Crippen LogP contribution in [0.4, 0.5) is 5.82 Å². The summed E-state index contributed by atoms with van der Waals surface area (Å²) in [6, 6.07) is 7.43. The Bertz CT molecular complexity index is 1200. The van der Waals surface area contributed by atoms with E-state index in [1.165, 1.54) is 10.9 Å². The quantitative estimate of drug-likeness (QED) is 0.537. The number of anilines is 1. The number of amides is 1. The first-order valence-electron chi connectivity index (χ1n) is 10.8. The van der Waals surface area contributed by atoms with E-state index in [1.807, 2.05) is 24.0 Å².